The van der Waals surface area contributed by atoms with Gasteiger partial charge >= 0.3 is 23.9 Å². The lowest BCUT2D eigenvalue weighted by Crippen LogP contribution is -2.55. The zero-order valence-electron chi connectivity index (χ0n) is 44.7. The van der Waals surface area contributed by atoms with E-state index in [1.807, 2.05) is 62.3 Å². The molecule has 8 atom stereocenters. The van der Waals surface area contributed by atoms with Crippen molar-refractivity contribution in [2.75, 3.05) is 34.8 Å². The Morgan fingerprint density at radius 3 is 1.04 bits per heavy atom. The van der Waals surface area contributed by atoms with Crippen molar-refractivity contribution in [2.45, 2.75) is 163 Å². The number of amides is 4. The van der Waals surface area contributed by atoms with Crippen LogP contribution in [0.2, 0.25) is 0 Å². The first-order chi connectivity index (χ1) is 33.3. The number of nitrogens with zero attached hydrogens (tertiary/aromatic N) is 4. The largest absolute Gasteiger partial charge is 0.494 e. The first-order valence-corrected chi connectivity index (χ1v) is 24.9. The quantitative estimate of drug-likeness (QED) is 0.157. The van der Waals surface area contributed by atoms with Gasteiger partial charge in [-0.2, -0.15) is 0 Å². The molecular formula is C54H80N4O13. The van der Waals surface area contributed by atoms with Crippen molar-refractivity contribution in [2.24, 2.45) is 23.7 Å². The lowest BCUT2D eigenvalue weighted by Gasteiger charge is -2.35. The van der Waals surface area contributed by atoms with Crippen LogP contribution >= 0.6 is 0 Å². The Morgan fingerprint density at radius 1 is 0.437 bits per heavy atom. The SMILES string of the molecule is CCOc1ccc(C[C@H]2OC(=O)[C@H](CC(C)C)N(C)C(=O)[C@@H](C)OC(=O)[C@H](CC(C)C)N(C)C(=O)[C@@H](Cc3ccccc3)OC(=O)[C@H](CC(C)C)N(C)C(=O)[C@@H](C)OC(=O)[C@H](CC(C)C)N(C)C2=O)cc1. The van der Waals surface area contributed by atoms with E-state index in [1.54, 1.807) is 54.6 Å². The molecule has 17 nitrogen and oxygen atoms in total. The van der Waals surface area contributed by atoms with Crippen LogP contribution in [-0.4, -0.2) is 150 Å². The minimum absolute atomic E-state index is 0.0865. The Hall–Kier alpha value is -6.00. The summed E-state index contributed by atoms with van der Waals surface area (Å²) in [5, 5.41) is 0. The van der Waals surface area contributed by atoms with Crippen molar-refractivity contribution in [3.63, 3.8) is 0 Å². The van der Waals surface area contributed by atoms with Gasteiger partial charge in [0.2, 0.25) is 0 Å². The summed E-state index contributed by atoms with van der Waals surface area (Å²) in [6, 6.07) is 10.7. The minimum Gasteiger partial charge on any atom is -0.494 e. The fourth-order valence-corrected chi connectivity index (χ4v) is 8.41. The molecule has 1 saturated heterocycles. The van der Waals surface area contributed by atoms with E-state index in [-0.39, 0.29) is 62.2 Å². The Bertz CT molecular complexity index is 2090. The number of hydrogen-bond donors (Lipinski definition) is 0. The van der Waals surface area contributed by atoms with Gasteiger partial charge in [-0.1, -0.05) is 97.9 Å². The number of carbonyl (C=O) groups excluding carboxylic acids is 8. The molecule has 0 unspecified atom stereocenters. The molecule has 0 saturated carbocycles. The minimum atomic E-state index is -1.52. The standard InChI is InChI=1S/C54H80N4O13/c1-16-67-40-24-22-39(23-25-40)31-46-50(62)58(15)42(27-33(4)5)52(64)69-36(10)47(59)55(12)43(28-34(6)7)53(65)70-45(30-38-20-18-17-19-21-38)49(61)57(14)41(26-32(2)3)51(63)68-37(11)48(60)56(13)44(29-35(8)9)54(66)71-46/h17-25,32-37,41-46H,16,26-31H2,1-15H3/t36-,37-,41+,42+,43+,44+,45-,46-/m1/s1. The second kappa shape index (κ2) is 27.6. The summed E-state index contributed by atoms with van der Waals surface area (Å²) in [5.74, 6) is -6.68. The van der Waals surface area contributed by atoms with Crippen molar-refractivity contribution in [1.29, 1.82) is 0 Å². The van der Waals surface area contributed by atoms with Crippen LogP contribution in [0.5, 0.6) is 5.75 Å². The highest BCUT2D eigenvalue weighted by Gasteiger charge is 2.43. The molecule has 4 amide bonds. The van der Waals surface area contributed by atoms with Crippen LogP contribution in [0.25, 0.3) is 0 Å². The van der Waals surface area contributed by atoms with Gasteiger partial charge in [-0.15, -0.1) is 0 Å². The van der Waals surface area contributed by atoms with Crippen molar-refractivity contribution < 1.29 is 62.0 Å². The van der Waals surface area contributed by atoms with E-state index in [2.05, 4.69) is 0 Å². The van der Waals surface area contributed by atoms with Gasteiger partial charge in [0.25, 0.3) is 23.6 Å². The molecule has 0 radical (unpaired) electrons. The van der Waals surface area contributed by atoms with Gasteiger partial charge in [-0.05, 0) is 93.4 Å². The molecule has 0 N–H and O–H groups in total. The molecule has 0 aromatic heterocycles. The zero-order chi connectivity index (χ0) is 53.4. The van der Waals surface area contributed by atoms with Gasteiger partial charge in [0.15, 0.2) is 24.4 Å². The maximum atomic E-state index is 14.8. The fourth-order valence-electron chi connectivity index (χ4n) is 8.41. The third-order valence-corrected chi connectivity index (χ3v) is 12.4. The highest BCUT2D eigenvalue weighted by atomic mass is 16.6. The van der Waals surface area contributed by atoms with Gasteiger partial charge in [0.1, 0.15) is 29.9 Å². The van der Waals surface area contributed by atoms with E-state index in [0.29, 0.717) is 23.5 Å². The molecule has 0 aliphatic carbocycles. The van der Waals surface area contributed by atoms with Crippen LogP contribution in [-0.2, 0) is 70.1 Å². The lowest BCUT2D eigenvalue weighted by molar-refractivity contribution is -0.176. The number of carbonyl (C=O) groups is 8. The number of likely N-dealkylation sites (N-methyl/N-ethyl adjacent to an activating group) is 4. The van der Waals surface area contributed by atoms with Crippen LogP contribution in [0.3, 0.4) is 0 Å². The molecule has 394 valence electrons. The number of rotatable bonds is 14. The maximum Gasteiger partial charge on any atom is 0.329 e. The third kappa shape index (κ3) is 17.4. The second-order valence-corrected chi connectivity index (χ2v) is 20.4. The Balaban J connectivity index is 2.26. The summed E-state index contributed by atoms with van der Waals surface area (Å²) in [7, 11) is 5.55. The second-order valence-electron chi connectivity index (χ2n) is 20.4. The summed E-state index contributed by atoms with van der Waals surface area (Å²) < 4.78 is 29.5. The number of hydrogen-bond acceptors (Lipinski definition) is 13. The number of cyclic esters (lactones) is 4. The average Bonchev–Trinajstić information content (AvgIpc) is 3.31. The fraction of sp³-hybridized carbons (Fsp3) is 0.630. The van der Waals surface area contributed by atoms with Gasteiger partial charge < -0.3 is 43.3 Å². The summed E-state index contributed by atoms with van der Waals surface area (Å²) in [5.41, 5.74) is 1.24. The van der Waals surface area contributed by atoms with Gasteiger partial charge in [-0.3, -0.25) is 19.2 Å². The monoisotopic (exact) mass is 993 g/mol. The maximum absolute atomic E-state index is 14.8. The predicted molar refractivity (Wildman–Crippen MR) is 266 cm³/mol. The summed E-state index contributed by atoms with van der Waals surface area (Å²) in [6.07, 6.45) is -5.74. The van der Waals surface area contributed by atoms with Gasteiger partial charge in [-0.25, -0.2) is 19.2 Å². The molecule has 2 aromatic rings. The molecular weight excluding hydrogens is 913 g/mol. The van der Waals surface area contributed by atoms with Crippen molar-refractivity contribution in [3.8, 4) is 5.75 Å². The van der Waals surface area contributed by atoms with Crippen molar-refractivity contribution in [3.05, 3.63) is 65.7 Å². The lowest BCUT2D eigenvalue weighted by atomic mass is 10.00. The molecule has 1 aliphatic heterocycles. The van der Waals surface area contributed by atoms with Crippen LogP contribution in [0, 0.1) is 23.7 Å². The number of ether oxygens (including phenoxy) is 5. The van der Waals surface area contributed by atoms with Gasteiger partial charge in [0, 0.05) is 41.0 Å². The molecule has 1 fully saturated rings. The normalized spacial score (nSPS) is 24.6. The van der Waals surface area contributed by atoms with Gasteiger partial charge in [0.05, 0.1) is 6.61 Å². The van der Waals surface area contributed by atoms with Crippen LogP contribution in [0.1, 0.15) is 113 Å². The molecule has 2 aromatic carbocycles. The molecule has 0 spiro atoms. The summed E-state index contributed by atoms with van der Waals surface area (Å²) >= 11 is 0. The van der Waals surface area contributed by atoms with Crippen molar-refractivity contribution >= 4 is 47.5 Å². The van der Waals surface area contributed by atoms with E-state index in [9.17, 15) is 38.4 Å². The molecule has 1 aliphatic rings. The van der Waals surface area contributed by atoms with Crippen LogP contribution < -0.4 is 4.74 Å². The number of esters is 4. The molecule has 71 heavy (non-hydrogen) atoms. The first-order valence-electron chi connectivity index (χ1n) is 24.9. The Morgan fingerprint density at radius 2 is 0.732 bits per heavy atom. The topological polar surface area (TPSA) is 196 Å². The smallest absolute Gasteiger partial charge is 0.329 e. The van der Waals surface area contributed by atoms with E-state index >= 15 is 0 Å². The molecule has 0 bridgehead atoms. The van der Waals surface area contributed by atoms with Crippen LogP contribution in [0.4, 0.5) is 0 Å². The molecule has 1 heterocycles. The summed E-state index contributed by atoms with van der Waals surface area (Å²) in [6.45, 7) is 19.8. The highest BCUT2D eigenvalue weighted by molar-refractivity contribution is 5.94. The Labute approximate surface area is 421 Å². The number of benzene rings is 2. The van der Waals surface area contributed by atoms with E-state index in [0.717, 1.165) is 19.6 Å². The zero-order valence-corrected chi connectivity index (χ0v) is 44.7. The van der Waals surface area contributed by atoms with E-state index in [1.165, 1.54) is 42.0 Å². The predicted octanol–water partition coefficient (Wildman–Crippen LogP) is 6.06. The molecule has 17 heteroatoms. The summed E-state index contributed by atoms with van der Waals surface area (Å²) in [4.78, 5) is 120. The third-order valence-electron chi connectivity index (χ3n) is 12.4. The van der Waals surface area contributed by atoms with E-state index in [4.69, 9.17) is 23.7 Å². The molecule has 3 rings (SSSR count). The first kappa shape index (κ1) is 59.3. The van der Waals surface area contributed by atoms with Crippen molar-refractivity contribution in [1.82, 2.24) is 19.6 Å². The average molecular weight is 993 g/mol. The highest BCUT2D eigenvalue weighted by Crippen LogP contribution is 2.25. The van der Waals surface area contributed by atoms with E-state index < -0.39 is 96.1 Å². The van der Waals surface area contributed by atoms with Crippen LogP contribution in [0.15, 0.2) is 54.6 Å². The Kier molecular flexibility index (Phi) is 23.0.